The van der Waals surface area contributed by atoms with Gasteiger partial charge in [-0.15, -0.1) is 0 Å². The van der Waals surface area contributed by atoms with Gasteiger partial charge in [-0.05, 0) is 23.3 Å². The molecule has 26 heavy (non-hydrogen) atoms. The third-order valence-corrected chi connectivity index (χ3v) is 4.47. The number of benzene rings is 1. The molecule has 2 aromatic heterocycles. The van der Waals surface area contributed by atoms with E-state index in [0.717, 1.165) is 11.1 Å². The van der Waals surface area contributed by atoms with E-state index < -0.39 is 5.91 Å². The van der Waals surface area contributed by atoms with Crippen molar-refractivity contribution in [3.8, 4) is 0 Å². The molecular formula is C17H15Cl2N5O2. The van der Waals surface area contributed by atoms with Crippen LogP contribution in [0.25, 0.3) is 5.65 Å². The van der Waals surface area contributed by atoms with Gasteiger partial charge < -0.3 is 10.6 Å². The fourth-order valence-corrected chi connectivity index (χ4v) is 2.72. The average Bonchev–Trinajstić information content (AvgIpc) is 3.05. The molecule has 3 aromatic rings. The van der Waals surface area contributed by atoms with Crippen LogP contribution < -0.4 is 10.6 Å². The molecular weight excluding hydrogens is 377 g/mol. The molecule has 0 radical (unpaired) electrons. The van der Waals surface area contributed by atoms with E-state index in [0.29, 0.717) is 27.7 Å². The number of nitrogens with one attached hydrogen (secondary N) is 2. The van der Waals surface area contributed by atoms with Gasteiger partial charge in [0.2, 0.25) is 5.91 Å². The summed E-state index contributed by atoms with van der Waals surface area (Å²) in [5.74, 6) is -0.694. The molecule has 0 aliphatic heterocycles. The van der Waals surface area contributed by atoms with Crippen LogP contribution in [0.4, 0.5) is 0 Å². The molecule has 9 heteroatoms. The largest absolute Gasteiger partial charge is 0.358 e. The first-order chi connectivity index (χ1) is 12.5. The summed E-state index contributed by atoms with van der Waals surface area (Å²) in [7, 11) is 1.50. The molecule has 0 saturated heterocycles. The van der Waals surface area contributed by atoms with Crippen molar-refractivity contribution in [3.63, 3.8) is 0 Å². The van der Waals surface area contributed by atoms with Gasteiger partial charge in [-0.3, -0.25) is 9.59 Å². The van der Waals surface area contributed by atoms with E-state index >= 15 is 0 Å². The molecule has 7 nitrogen and oxygen atoms in total. The normalized spacial score (nSPS) is 10.7. The number of rotatable bonds is 5. The molecule has 1 aromatic carbocycles. The lowest BCUT2D eigenvalue weighted by atomic mass is 10.1. The number of carbonyl (C=O) groups excluding carboxylic acids is 2. The van der Waals surface area contributed by atoms with Gasteiger partial charge in [0.1, 0.15) is 5.56 Å². The van der Waals surface area contributed by atoms with Gasteiger partial charge in [0, 0.05) is 25.9 Å². The summed E-state index contributed by atoms with van der Waals surface area (Å²) >= 11 is 12.0. The van der Waals surface area contributed by atoms with E-state index in [1.807, 2.05) is 6.07 Å². The Labute approximate surface area is 159 Å². The molecule has 2 amide bonds. The quantitative estimate of drug-likeness (QED) is 0.696. The maximum atomic E-state index is 12.2. The van der Waals surface area contributed by atoms with Gasteiger partial charge in [0.25, 0.3) is 5.91 Å². The number of amides is 2. The number of hydrogen-bond donors (Lipinski definition) is 2. The molecule has 0 aliphatic rings. The number of aromatic nitrogens is 3. The minimum absolute atomic E-state index is 0.109. The van der Waals surface area contributed by atoms with Gasteiger partial charge in [-0.25, -0.2) is 9.50 Å². The third-order valence-electron chi connectivity index (χ3n) is 3.74. The minimum Gasteiger partial charge on any atom is -0.358 e. The maximum Gasteiger partial charge on any atom is 0.257 e. The Kier molecular flexibility index (Phi) is 5.39. The summed E-state index contributed by atoms with van der Waals surface area (Å²) < 4.78 is 1.53. The van der Waals surface area contributed by atoms with Crippen LogP contribution in [0.15, 0.2) is 36.8 Å². The number of likely N-dealkylation sites (N-methyl/N-ethyl adjacent to an activating group) is 1. The summed E-state index contributed by atoms with van der Waals surface area (Å²) in [5.41, 5.74) is 2.60. The Balaban J connectivity index is 1.79. The first-order valence-corrected chi connectivity index (χ1v) is 8.48. The van der Waals surface area contributed by atoms with E-state index in [1.165, 1.54) is 17.8 Å². The Hall–Kier alpha value is -2.64. The zero-order valence-corrected chi connectivity index (χ0v) is 15.3. The van der Waals surface area contributed by atoms with E-state index in [-0.39, 0.29) is 12.5 Å². The molecule has 0 saturated carbocycles. The fraction of sp³-hybridized carbons (Fsp3) is 0.176. The van der Waals surface area contributed by atoms with Gasteiger partial charge >= 0.3 is 0 Å². The smallest absolute Gasteiger partial charge is 0.257 e. The van der Waals surface area contributed by atoms with Crippen molar-refractivity contribution in [2.45, 2.75) is 6.42 Å². The van der Waals surface area contributed by atoms with Crippen molar-refractivity contribution < 1.29 is 9.59 Å². The molecule has 2 N–H and O–H groups in total. The van der Waals surface area contributed by atoms with Gasteiger partial charge in [0.05, 0.1) is 22.8 Å². The number of fused-ring (bicyclic) bond motifs is 1. The monoisotopic (exact) mass is 391 g/mol. The van der Waals surface area contributed by atoms with Crippen molar-refractivity contribution in [2.24, 2.45) is 0 Å². The van der Waals surface area contributed by atoms with Gasteiger partial charge in [-0.2, -0.15) is 5.10 Å². The first-order valence-electron chi connectivity index (χ1n) is 7.73. The van der Waals surface area contributed by atoms with Gasteiger partial charge in [-0.1, -0.05) is 29.3 Å². The Morgan fingerprint density at radius 2 is 1.96 bits per heavy atom. The fourth-order valence-electron chi connectivity index (χ4n) is 2.39. The standard InChI is InChI=1S/C17H15Cl2N5O2/c1-20-15(25)8-22-17(26)12-7-23-24-9-11(6-21-16(12)24)4-10-2-3-13(18)14(19)5-10/h2-3,5-7,9H,4,8H2,1H3,(H,20,25)(H,22,26). The average molecular weight is 392 g/mol. The lowest BCUT2D eigenvalue weighted by Gasteiger charge is -2.05. The highest BCUT2D eigenvalue weighted by Gasteiger charge is 2.15. The Morgan fingerprint density at radius 1 is 1.15 bits per heavy atom. The van der Waals surface area contributed by atoms with E-state index in [2.05, 4.69) is 20.7 Å². The Morgan fingerprint density at radius 3 is 2.69 bits per heavy atom. The third kappa shape index (κ3) is 3.95. The number of hydrogen-bond acceptors (Lipinski definition) is 4. The summed E-state index contributed by atoms with van der Waals surface area (Å²) in [6.45, 7) is -0.109. The predicted octanol–water partition coefficient (Wildman–Crippen LogP) is 2.10. The summed E-state index contributed by atoms with van der Waals surface area (Å²) in [6.07, 6.45) is 5.48. The lowest BCUT2D eigenvalue weighted by molar-refractivity contribution is -0.119. The van der Waals surface area contributed by atoms with Crippen LogP contribution in [0, 0.1) is 0 Å². The van der Waals surface area contributed by atoms with E-state index in [4.69, 9.17) is 23.2 Å². The molecule has 0 fully saturated rings. The highest BCUT2D eigenvalue weighted by molar-refractivity contribution is 6.42. The van der Waals surface area contributed by atoms with Crippen molar-refractivity contribution in [1.29, 1.82) is 0 Å². The molecule has 134 valence electrons. The van der Waals surface area contributed by atoms with Crippen LogP contribution >= 0.6 is 23.2 Å². The molecule has 0 aliphatic carbocycles. The SMILES string of the molecule is CNC(=O)CNC(=O)c1cnn2cc(Cc3ccc(Cl)c(Cl)c3)cnc12. The molecule has 0 bridgehead atoms. The highest BCUT2D eigenvalue weighted by Crippen LogP contribution is 2.24. The highest BCUT2D eigenvalue weighted by atomic mass is 35.5. The van der Waals surface area contributed by atoms with Crippen LogP contribution in [0.1, 0.15) is 21.5 Å². The van der Waals surface area contributed by atoms with E-state index in [1.54, 1.807) is 24.5 Å². The second kappa shape index (κ2) is 7.72. The Bertz CT molecular complexity index is 986. The summed E-state index contributed by atoms with van der Waals surface area (Å²) in [6, 6.07) is 5.43. The maximum absolute atomic E-state index is 12.2. The predicted molar refractivity (Wildman–Crippen MR) is 98.7 cm³/mol. The van der Waals surface area contributed by atoms with Crippen LogP contribution in [-0.2, 0) is 11.2 Å². The molecule has 3 rings (SSSR count). The summed E-state index contributed by atoms with van der Waals surface area (Å²) in [5, 5.41) is 10.1. The van der Waals surface area contributed by atoms with Gasteiger partial charge in [0.15, 0.2) is 5.65 Å². The molecule has 0 unspecified atom stereocenters. The molecule has 2 heterocycles. The van der Waals surface area contributed by atoms with Crippen molar-refractivity contribution >= 4 is 40.7 Å². The lowest BCUT2D eigenvalue weighted by Crippen LogP contribution is -2.35. The van der Waals surface area contributed by atoms with Crippen molar-refractivity contribution in [3.05, 3.63) is 63.5 Å². The zero-order valence-electron chi connectivity index (χ0n) is 13.8. The zero-order chi connectivity index (χ0) is 18.7. The van der Waals surface area contributed by atoms with Crippen LogP contribution in [0.5, 0.6) is 0 Å². The van der Waals surface area contributed by atoms with Crippen molar-refractivity contribution in [1.82, 2.24) is 25.2 Å². The minimum atomic E-state index is -0.409. The second-order valence-corrected chi connectivity index (χ2v) is 6.38. The number of halogens is 2. The first kappa shape index (κ1) is 18.2. The topological polar surface area (TPSA) is 88.4 Å². The van der Waals surface area contributed by atoms with Crippen molar-refractivity contribution in [2.75, 3.05) is 13.6 Å². The van der Waals surface area contributed by atoms with E-state index in [9.17, 15) is 9.59 Å². The summed E-state index contributed by atoms with van der Waals surface area (Å²) in [4.78, 5) is 27.7. The van der Waals surface area contributed by atoms with Crippen LogP contribution in [0.2, 0.25) is 10.0 Å². The van der Waals surface area contributed by atoms with Crippen LogP contribution in [0.3, 0.4) is 0 Å². The number of carbonyl (C=O) groups is 2. The second-order valence-electron chi connectivity index (χ2n) is 5.57. The molecule has 0 atom stereocenters. The molecule has 0 spiro atoms. The number of nitrogens with zero attached hydrogens (tertiary/aromatic N) is 3. The van der Waals surface area contributed by atoms with Crippen LogP contribution in [-0.4, -0.2) is 40.0 Å².